The molecule has 3 amide bonds. The summed E-state index contributed by atoms with van der Waals surface area (Å²) in [6.07, 6.45) is 2.87. The number of carboxylic acids is 1. The van der Waals surface area contributed by atoms with Gasteiger partial charge in [0.05, 0.1) is 19.1 Å². The summed E-state index contributed by atoms with van der Waals surface area (Å²) in [6, 6.07) is 4.76. The first-order valence-corrected chi connectivity index (χ1v) is 22.0. The summed E-state index contributed by atoms with van der Waals surface area (Å²) < 4.78 is 16.8. The molecule has 0 spiro atoms. The molecule has 0 radical (unpaired) electrons. The zero-order valence-electron chi connectivity index (χ0n) is 37.0. The molecule has 60 heavy (non-hydrogen) atoms. The molecule has 2 aromatic rings. The molecular weight excluding hydrogens is 791 g/mol. The van der Waals surface area contributed by atoms with E-state index >= 15 is 0 Å². The van der Waals surface area contributed by atoms with Crippen molar-refractivity contribution in [3.63, 3.8) is 0 Å². The van der Waals surface area contributed by atoms with Crippen molar-refractivity contribution < 1.29 is 48.1 Å². The molecule has 0 saturated carbocycles. The van der Waals surface area contributed by atoms with Crippen LogP contribution in [0.25, 0.3) is 0 Å². The lowest BCUT2D eigenvalue weighted by Gasteiger charge is -2.39. The first kappa shape index (κ1) is 49.8. The average molecular weight is 858 g/mol. The predicted octanol–water partition coefficient (Wildman–Crippen LogP) is 6.01. The Balaban J connectivity index is 1.96. The quantitative estimate of drug-likeness (QED) is 0.0872. The number of likely N-dealkylation sites (N-methyl/N-ethyl adjacent to an activating group) is 1. The van der Waals surface area contributed by atoms with E-state index in [1.54, 1.807) is 31.5 Å². The number of hydrogen-bond acceptors (Lipinski definition) is 12. The zero-order chi connectivity index (χ0) is 44.7. The molecule has 0 aliphatic carbocycles. The number of nitrogens with zero attached hydrogens (tertiary/aromatic N) is 3. The Morgan fingerprint density at radius 2 is 1.68 bits per heavy atom. The lowest BCUT2D eigenvalue weighted by atomic mass is 9.92. The second-order valence-electron chi connectivity index (χ2n) is 16.8. The standard InChI is InChI=1S/C44H67N5O10S/c1-11-28(6)39(47-41(53)35-14-12-13-19-48(35)9)43(54)49(25-58-38(51)20-26(2)3)36(27(4)5)23-37(59-30(8)50)42-46-34(24-60-42)40(52)45-32(21-29(7)44(55)56)22-31-15-17-33(57-10)18-16-31/h15-18,24,26-29,32,35-37,39H,11-14,19-23,25H2,1-10H3,(H,45,52)(H,47,53)(H,55,56)/t28-,29-,32+,35+,36+,37+,39-/m0/s1. The topological polar surface area (TPSA) is 194 Å². The van der Waals surface area contributed by atoms with E-state index in [4.69, 9.17) is 14.2 Å². The van der Waals surface area contributed by atoms with E-state index in [-0.39, 0.29) is 61.4 Å². The highest BCUT2D eigenvalue weighted by Crippen LogP contribution is 2.32. The van der Waals surface area contributed by atoms with Gasteiger partial charge < -0.3 is 34.9 Å². The third-order valence-electron chi connectivity index (χ3n) is 11.1. The van der Waals surface area contributed by atoms with Crippen LogP contribution in [0.5, 0.6) is 5.75 Å². The van der Waals surface area contributed by atoms with Crippen LogP contribution in [0.3, 0.4) is 0 Å². The Morgan fingerprint density at radius 3 is 2.25 bits per heavy atom. The Labute approximate surface area is 359 Å². The number of thiazole rings is 1. The van der Waals surface area contributed by atoms with E-state index in [2.05, 4.69) is 15.6 Å². The fourth-order valence-electron chi connectivity index (χ4n) is 7.32. The molecule has 2 heterocycles. The van der Waals surface area contributed by atoms with Crippen LogP contribution in [-0.2, 0) is 39.9 Å². The number of nitrogens with one attached hydrogen (secondary N) is 2. The molecule has 1 aliphatic rings. The maximum atomic E-state index is 14.8. The number of likely N-dealkylation sites (tertiary alicyclic amines) is 1. The smallest absolute Gasteiger partial charge is 0.307 e. The first-order chi connectivity index (χ1) is 28.3. The molecule has 1 fully saturated rings. The van der Waals surface area contributed by atoms with Gasteiger partial charge in [0.2, 0.25) is 11.8 Å². The van der Waals surface area contributed by atoms with E-state index < -0.39 is 59.9 Å². The molecule has 1 aromatic heterocycles. The van der Waals surface area contributed by atoms with Crippen LogP contribution in [0.15, 0.2) is 29.6 Å². The van der Waals surface area contributed by atoms with Gasteiger partial charge in [0.25, 0.3) is 5.91 Å². The number of amides is 3. The number of rotatable bonds is 23. The van der Waals surface area contributed by atoms with Gasteiger partial charge in [-0.1, -0.05) is 73.4 Å². The largest absolute Gasteiger partial charge is 0.497 e. The number of piperidine rings is 1. The van der Waals surface area contributed by atoms with Crippen LogP contribution < -0.4 is 15.4 Å². The van der Waals surface area contributed by atoms with E-state index in [1.165, 1.54) is 11.8 Å². The van der Waals surface area contributed by atoms with Crippen LogP contribution in [-0.4, -0.2) is 107 Å². The van der Waals surface area contributed by atoms with Gasteiger partial charge in [-0.2, -0.15) is 0 Å². The molecule has 7 atom stereocenters. The van der Waals surface area contributed by atoms with Crippen LogP contribution in [0, 0.1) is 23.7 Å². The molecule has 3 N–H and O–H groups in total. The van der Waals surface area contributed by atoms with Gasteiger partial charge in [0.15, 0.2) is 12.8 Å². The average Bonchev–Trinajstić information content (AvgIpc) is 3.69. The highest BCUT2D eigenvalue weighted by Gasteiger charge is 2.39. The fraction of sp³-hybridized carbons (Fsp3) is 0.659. The molecule has 15 nitrogen and oxygen atoms in total. The van der Waals surface area contributed by atoms with Gasteiger partial charge in [-0.05, 0) is 74.7 Å². The van der Waals surface area contributed by atoms with Crippen molar-refractivity contribution in [2.24, 2.45) is 23.7 Å². The van der Waals surface area contributed by atoms with Crippen molar-refractivity contribution in [3.05, 3.63) is 45.9 Å². The predicted molar refractivity (Wildman–Crippen MR) is 228 cm³/mol. The number of aliphatic carboxylic acids is 1. The van der Waals surface area contributed by atoms with Gasteiger partial charge in [0, 0.05) is 37.2 Å². The Bertz CT molecular complexity index is 1730. The second kappa shape index (κ2) is 24.0. The summed E-state index contributed by atoms with van der Waals surface area (Å²) in [5.74, 6) is -3.83. The first-order valence-electron chi connectivity index (χ1n) is 21.1. The van der Waals surface area contributed by atoms with E-state index in [1.807, 2.05) is 65.6 Å². The third-order valence-corrected chi connectivity index (χ3v) is 12.0. The van der Waals surface area contributed by atoms with Crippen molar-refractivity contribution in [1.82, 2.24) is 25.4 Å². The van der Waals surface area contributed by atoms with Gasteiger partial charge in [-0.25, -0.2) is 4.98 Å². The van der Waals surface area contributed by atoms with Crippen LogP contribution in [0.4, 0.5) is 0 Å². The van der Waals surface area contributed by atoms with Crippen molar-refractivity contribution >= 4 is 47.0 Å². The summed E-state index contributed by atoms with van der Waals surface area (Å²) in [4.78, 5) is 87.7. The third kappa shape index (κ3) is 15.2. The van der Waals surface area contributed by atoms with Crippen molar-refractivity contribution in [2.45, 2.75) is 137 Å². The summed E-state index contributed by atoms with van der Waals surface area (Å²) >= 11 is 1.11. The number of benzene rings is 1. The number of esters is 2. The molecule has 1 aliphatic heterocycles. The number of carbonyl (C=O) groups is 6. The summed E-state index contributed by atoms with van der Waals surface area (Å²) in [5.41, 5.74) is 0.927. The van der Waals surface area contributed by atoms with Crippen LogP contribution >= 0.6 is 11.3 Å². The molecule has 1 aromatic carbocycles. The Morgan fingerprint density at radius 1 is 1.00 bits per heavy atom. The minimum Gasteiger partial charge on any atom is -0.497 e. The molecule has 334 valence electrons. The number of carbonyl (C=O) groups excluding carboxylic acids is 5. The van der Waals surface area contributed by atoms with Crippen molar-refractivity contribution in [2.75, 3.05) is 27.4 Å². The van der Waals surface area contributed by atoms with E-state index in [0.717, 1.165) is 36.3 Å². The number of methoxy groups -OCH3 is 1. The van der Waals surface area contributed by atoms with Gasteiger partial charge >= 0.3 is 17.9 Å². The number of aromatic nitrogens is 1. The molecule has 0 bridgehead atoms. The molecule has 1 saturated heterocycles. The Hall–Kier alpha value is -4.57. The summed E-state index contributed by atoms with van der Waals surface area (Å²) in [7, 11) is 3.47. The zero-order valence-corrected chi connectivity index (χ0v) is 37.8. The maximum absolute atomic E-state index is 14.8. The number of ether oxygens (including phenoxy) is 3. The normalized spacial score (nSPS) is 17.4. The van der Waals surface area contributed by atoms with Gasteiger partial charge in [-0.15, -0.1) is 11.3 Å². The summed E-state index contributed by atoms with van der Waals surface area (Å²) in [5, 5.41) is 17.5. The highest BCUT2D eigenvalue weighted by molar-refractivity contribution is 7.09. The number of hydrogen-bond donors (Lipinski definition) is 3. The second-order valence-corrected chi connectivity index (χ2v) is 17.7. The fourth-order valence-corrected chi connectivity index (χ4v) is 8.16. The monoisotopic (exact) mass is 857 g/mol. The van der Waals surface area contributed by atoms with Crippen molar-refractivity contribution in [3.8, 4) is 5.75 Å². The van der Waals surface area contributed by atoms with E-state index in [0.29, 0.717) is 30.0 Å². The molecule has 0 unspecified atom stereocenters. The maximum Gasteiger partial charge on any atom is 0.307 e. The Kier molecular flexibility index (Phi) is 19.9. The van der Waals surface area contributed by atoms with Gasteiger partial charge in [-0.3, -0.25) is 33.7 Å². The van der Waals surface area contributed by atoms with Crippen LogP contribution in [0.1, 0.15) is 127 Å². The minimum atomic E-state index is -1.00. The number of carboxylic acid groups (broad SMARTS) is 1. The lowest BCUT2D eigenvalue weighted by Crippen LogP contribution is -2.59. The molecular formula is C44H67N5O10S. The molecule has 16 heteroatoms. The van der Waals surface area contributed by atoms with Crippen LogP contribution in [0.2, 0.25) is 0 Å². The SMILES string of the molecule is CC[C@H](C)[C@H](NC(=O)[C@H]1CCCCN1C)C(=O)N(COC(=O)CC(C)C)[C@H](C[C@@H](OC(C)=O)c1nc(C(=O)N[C@@H](Cc2ccc(OC)cc2)C[C@H](C)C(=O)O)cs1)C(C)C. The highest BCUT2D eigenvalue weighted by atomic mass is 32.1. The minimum absolute atomic E-state index is 0.0186. The van der Waals surface area contributed by atoms with Gasteiger partial charge in [0.1, 0.15) is 22.5 Å². The lowest BCUT2D eigenvalue weighted by molar-refractivity contribution is -0.161. The molecule has 3 rings (SSSR count). The summed E-state index contributed by atoms with van der Waals surface area (Å²) in [6.45, 7) is 14.7. The van der Waals surface area contributed by atoms with E-state index in [9.17, 15) is 33.9 Å². The van der Waals surface area contributed by atoms with Crippen molar-refractivity contribution in [1.29, 1.82) is 0 Å².